The molecule has 0 radical (unpaired) electrons. The van der Waals surface area contributed by atoms with Gasteiger partial charge in [-0.05, 0) is 38.1 Å². The molecule has 0 heterocycles. The van der Waals surface area contributed by atoms with E-state index in [1.54, 1.807) is 12.1 Å². The quantitative estimate of drug-likeness (QED) is 0.879. The van der Waals surface area contributed by atoms with Crippen LogP contribution in [-0.4, -0.2) is 13.2 Å². The standard InChI is InChI=1S/C16H18FNO2/c1-11(2)20-16-7-5-4-6-15(16)18-14-9-8-12(19-3)10-13(14)17/h4-11,18H,1-3H3. The molecule has 0 fully saturated rings. The summed E-state index contributed by atoms with van der Waals surface area (Å²) in [6.07, 6.45) is 0.0543. The normalized spacial score (nSPS) is 10.4. The van der Waals surface area contributed by atoms with E-state index in [2.05, 4.69) is 5.32 Å². The van der Waals surface area contributed by atoms with Gasteiger partial charge in [-0.2, -0.15) is 0 Å². The Hall–Kier alpha value is -2.23. The maximum atomic E-state index is 13.9. The van der Waals surface area contributed by atoms with E-state index >= 15 is 0 Å². The maximum absolute atomic E-state index is 13.9. The third-order valence-electron chi connectivity index (χ3n) is 2.70. The molecule has 1 N–H and O–H groups in total. The molecule has 0 aromatic heterocycles. The Morgan fingerprint density at radius 3 is 2.45 bits per heavy atom. The molecular weight excluding hydrogens is 257 g/mol. The van der Waals surface area contributed by atoms with Gasteiger partial charge in [0.05, 0.1) is 24.6 Å². The molecule has 0 unspecified atom stereocenters. The molecule has 4 heteroatoms. The minimum Gasteiger partial charge on any atom is -0.497 e. The summed E-state index contributed by atoms with van der Waals surface area (Å²) in [4.78, 5) is 0. The van der Waals surface area contributed by atoms with Crippen LogP contribution in [-0.2, 0) is 0 Å². The van der Waals surface area contributed by atoms with Gasteiger partial charge in [-0.3, -0.25) is 0 Å². The number of nitrogens with one attached hydrogen (secondary N) is 1. The highest BCUT2D eigenvalue weighted by Gasteiger charge is 2.08. The fourth-order valence-corrected chi connectivity index (χ4v) is 1.80. The Labute approximate surface area is 118 Å². The number of hydrogen-bond donors (Lipinski definition) is 1. The number of hydrogen-bond acceptors (Lipinski definition) is 3. The Bertz CT molecular complexity index is 584. The van der Waals surface area contributed by atoms with Crippen molar-refractivity contribution in [2.24, 2.45) is 0 Å². The first kappa shape index (κ1) is 14.2. The van der Waals surface area contributed by atoms with Crippen molar-refractivity contribution in [3.05, 3.63) is 48.3 Å². The van der Waals surface area contributed by atoms with Crippen molar-refractivity contribution in [3.8, 4) is 11.5 Å². The molecular formula is C16H18FNO2. The van der Waals surface area contributed by atoms with Gasteiger partial charge in [-0.1, -0.05) is 12.1 Å². The summed E-state index contributed by atoms with van der Waals surface area (Å²) < 4.78 is 24.6. The topological polar surface area (TPSA) is 30.5 Å². The van der Waals surface area contributed by atoms with Crippen molar-refractivity contribution in [1.29, 1.82) is 0 Å². The summed E-state index contributed by atoms with van der Waals surface area (Å²) in [6, 6.07) is 12.1. The monoisotopic (exact) mass is 275 g/mol. The molecule has 0 aliphatic carbocycles. The summed E-state index contributed by atoms with van der Waals surface area (Å²) in [5, 5.41) is 3.04. The SMILES string of the molecule is COc1ccc(Nc2ccccc2OC(C)C)c(F)c1. The Balaban J connectivity index is 2.26. The summed E-state index contributed by atoms with van der Waals surface area (Å²) in [7, 11) is 1.51. The van der Waals surface area contributed by atoms with Gasteiger partial charge in [0.1, 0.15) is 17.3 Å². The molecule has 0 amide bonds. The van der Waals surface area contributed by atoms with Gasteiger partial charge in [0.2, 0.25) is 0 Å². The number of benzene rings is 2. The van der Waals surface area contributed by atoms with E-state index < -0.39 is 0 Å². The predicted octanol–water partition coefficient (Wildman–Crippen LogP) is 4.37. The molecule has 2 rings (SSSR count). The van der Waals surface area contributed by atoms with Crippen LogP contribution < -0.4 is 14.8 Å². The molecule has 0 aliphatic rings. The molecule has 0 saturated heterocycles. The average molecular weight is 275 g/mol. The minimum atomic E-state index is -0.372. The third-order valence-corrected chi connectivity index (χ3v) is 2.70. The van der Waals surface area contributed by atoms with Crippen LogP contribution in [0.5, 0.6) is 11.5 Å². The molecule has 0 bridgehead atoms. The minimum absolute atomic E-state index is 0.0543. The lowest BCUT2D eigenvalue weighted by molar-refractivity contribution is 0.244. The predicted molar refractivity (Wildman–Crippen MR) is 78.4 cm³/mol. The second-order valence-electron chi connectivity index (χ2n) is 4.63. The van der Waals surface area contributed by atoms with Gasteiger partial charge in [0.25, 0.3) is 0 Å². The zero-order valence-electron chi connectivity index (χ0n) is 11.8. The Morgan fingerprint density at radius 2 is 1.80 bits per heavy atom. The van der Waals surface area contributed by atoms with Gasteiger partial charge in [-0.25, -0.2) is 4.39 Å². The van der Waals surface area contributed by atoms with Crippen molar-refractivity contribution in [1.82, 2.24) is 0 Å². The highest BCUT2D eigenvalue weighted by molar-refractivity contribution is 5.67. The number of para-hydroxylation sites is 2. The largest absolute Gasteiger partial charge is 0.497 e. The van der Waals surface area contributed by atoms with Crippen LogP contribution in [0.3, 0.4) is 0 Å². The first-order valence-corrected chi connectivity index (χ1v) is 6.46. The van der Waals surface area contributed by atoms with Gasteiger partial charge in [0, 0.05) is 6.07 Å². The van der Waals surface area contributed by atoms with E-state index in [0.717, 1.165) is 5.69 Å². The molecule has 20 heavy (non-hydrogen) atoms. The zero-order valence-corrected chi connectivity index (χ0v) is 11.8. The Kier molecular flexibility index (Phi) is 4.45. The lowest BCUT2D eigenvalue weighted by Crippen LogP contribution is -2.07. The number of anilines is 2. The number of ether oxygens (including phenoxy) is 2. The van der Waals surface area contributed by atoms with E-state index in [9.17, 15) is 4.39 Å². The summed E-state index contributed by atoms with van der Waals surface area (Å²) in [6.45, 7) is 3.90. The maximum Gasteiger partial charge on any atom is 0.150 e. The van der Waals surface area contributed by atoms with Crippen LogP contribution in [0.1, 0.15) is 13.8 Å². The van der Waals surface area contributed by atoms with E-state index in [-0.39, 0.29) is 11.9 Å². The van der Waals surface area contributed by atoms with E-state index in [1.165, 1.54) is 13.2 Å². The van der Waals surface area contributed by atoms with Crippen LogP contribution in [0, 0.1) is 5.82 Å². The fourth-order valence-electron chi connectivity index (χ4n) is 1.80. The van der Waals surface area contributed by atoms with Crippen molar-refractivity contribution in [3.63, 3.8) is 0 Å². The molecule has 3 nitrogen and oxygen atoms in total. The second-order valence-corrected chi connectivity index (χ2v) is 4.63. The number of halogens is 1. The van der Waals surface area contributed by atoms with Crippen molar-refractivity contribution in [2.75, 3.05) is 12.4 Å². The van der Waals surface area contributed by atoms with Crippen LogP contribution in [0.25, 0.3) is 0 Å². The zero-order chi connectivity index (χ0) is 14.5. The second kappa shape index (κ2) is 6.28. The van der Waals surface area contributed by atoms with Crippen LogP contribution >= 0.6 is 0 Å². The molecule has 0 atom stereocenters. The fraction of sp³-hybridized carbons (Fsp3) is 0.250. The van der Waals surface area contributed by atoms with E-state index in [4.69, 9.17) is 9.47 Å². The van der Waals surface area contributed by atoms with Gasteiger partial charge >= 0.3 is 0 Å². The molecule has 0 aliphatic heterocycles. The van der Waals surface area contributed by atoms with Gasteiger partial charge < -0.3 is 14.8 Å². The first-order valence-electron chi connectivity index (χ1n) is 6.46. The lowest BCUT2D eigenvalue weighted by Gasteiger charge is -2.16. The molecule has 0 spiro atoms. The Morgan fingerprint density at radius 1 is 1.05 bits per heavy atom. The van der Waals surface area contributed by atoms with Crippen molar-refractivity contribution in [2.45, 2.75) is 20.0 Å². The first-order chi connectivity index (χ1) is 9.60. The van der Waals surface area contributed by atoms with Gasteiger partial charge in [-0.15, -0.1) is 0 Å². The van der Waals surface area contributed by atoms with Crippen LogP contribution in [0.2, 0.25) is 0 Å². The van der Waals surface area contributed by atoms with E-state index in [1.807, 2.05) is 38.1 Å². The molecule has 2 aromatic rings. The van der Waals surface area contributed by atoms with Crippen molar-refractivity contribution < 1.29 is 13.9 Å². The highest BCUT2D eigenvalue weighted by atomic mass is 19.1. The third kappa shape index (κ3) is 3.41. The smallest absolute Gasteiger partial charge is 0.150 e. The molecule has 106 valence electrons. The lowest BCUT2D eigenvalue weighted by atomic mass is 10.2. The number of rotatable bonds is 5. The average Bonchev–Trinajstić information content (AvgIpc) is 2.42. The van der Waals surface area contributed by atoms with E-state index in [0.29, 0.717) is 17.2 Å². The molecule has 0 saturated carbocycles. The highest BCUT2D eigenvalue weighted by Crippen LogP contribution is 2.30. The molecule has 2 aromatic carbocycles. The van der Waals surface area contributed by atoms with Crippen LogP contribution in [0.15, 0.2) is 42.5 Å². The summed E-state index contributed by atoms with van der Waals surface area (Å²) in [5.41, 5.74) is 1.11. The summed E-state index contributed by atoms with van der Waals surface area (Å²) >= 11 is 0. The number of methoxy groups -OCH3 is 1. The van der Waals surface area contributed by atoms with Gasteiger partial charge in [0.15, 0.2) is 0 Å². The summed E-state index contributed by atoms with van der Waals surface area (Å²) in [5.74, 6) is 0.807. The van der Waals surface area contributed by atoms with Crippen LogP contribution in [0.4, 0.5) is 15.8 Å². The van der Waals surface area contributed by atoms with Crippen molar-refractivity contribution >= 4 is 11.4 Å².